The van der Waals surface area contributed by atoms with Gasteiger partial charge in [0.2, 0.25) is 0 Å². The molecule has 1 saturated carbocycles. The zero-order valence-electron chi connectivity index (χ0n) is 10.5. The first kappa shape index (κ1) is 14.7. The fraction of sp³-hybridized carbons (Fsp3) is 1.00. The number of hydrogen-bond acceptors (Lipinski definition) is 3. The van der Waals surface area contributed by atoms with Gasteiger partial charge in [-0.1, -0.05) is 13.8 Å². The number of ether oxygens (including phenoxy) is 1. The summed E-state index contributed by atoms with van der Waals surface area (Å²) >= 11 is 2.26. The highest BCUT2D eigenvalue weighted by molar-refractivity contribution is 14.1. The molecule has 0 radical (unpaired) electrons. The molecular formula is C12H25IN2O. The van der Waals surface area contributed by atoms with E-state index < -0.39 is 0 Å². The summed E-state index contributed by atoms with van der Waals surface area (Å²) in [5, 5.41) is 0. The van der Waals surface area contributed by atoms with Crippen molar-refractivity contribution >= 4 is 22.9 Å². The van der Waals surface area contributed by atoms with E-state index in [4.69, 9.17) is 4.74 Å². The van der Waals surface area contributed by atoms with E-state index in [1.807, 2.05) is 0 Å². The van der Waals surface area contributed by atoms with Gasteiger partial charge < -0.3 is 9.64 Å². The first-order valence-electron chi connectivity index (χ1n) is 6.50. The van der Waals surface area contributed by atoms with E-state index >= 15 is 0 Å². The van der Waals surface area contributed by atoms with Crippen molar-refractivity contribution in [1.82, 2.24) is 8.43 Å². The van der Waals surface area contributed by atoms with Crippen LogP contribution in [-0.2, 0) is 4.74 Å². The number of nitrogens with one attached hydrogen (secondary N) is 1. The van der Waals surface area contributed by atoms with Crippen molar-refractivity contribution in [3.8, 4) is 0 Å². The maximum atomic E-state index is 5.94. The van der Waals surface area contributed by atoms with Crippen LogP contribution >= 0.6 is 22.9 Å². The molecule has 0 spiro atoms. The summed E-state index contributed by atoms with van der Waals surface area (Å²) in [4.78, 5) is 2.41. The first-order chi connectivity index (χ1) is 7.80. The second-order valence-electron chi connectivity index (χ2n) is 4.48. The average Bonchev–Trinajstić information content (AvgIpc) is 2.35. The maximum absolute atomic E-state index is 5.94. The van der Waals surface area contributed by atoms with Gasteiger partial charge in [0.15, 0.2) is 0 Å². The molecule has 16 heavy (non-hydrogen) atoms. The normalized spacial score (nSPS) is 26.2. The average molecular weight is 340 g/mol. The highest BCUT2D eigenvalue weighted by Gasteiger charge is 2.20. The molecule has 0 amide bonds. The largest absolute Gasteiger partial charge is 0.377 e. The molecule has 0 atom stereocenters. The van der Waals surface area contributed by atoms with Gasteiger partial charge in [-0.15, -0.1) is 0 Å². The zero-order valence-corrected chi connectivity index (χ0v) is 12.7. The second kappa shape index (κ2) is 8.66. The molecule has 0 aromatic rings. The Morgan fingerprint density at radius 1 is 1.19 bits per heavy atom. The number of rotatable bonds is 7. The number of halogens is 1. The lowest BCUT2D eigenvalue weighted by atomic mass is 9.94. The minimum Gasteiger partial charge on any atom is -0.377 e. The third-order valence-electron chi connectivity index (χ3n) is 3.48. The minimum atomic E-state index is 0.511. The molecule has 0 saturated heterocycles. The fourth-order valence-electron chi connectivity index (χ4n) is 2.23. The molecule has 1 aliphatic rings. The molecule has 0 unspecified atom stereocenters. The maximum Gasteiger partial charge on any atom is 0.0597 e. The second-order valence-corrected chi connectivity index (χ2v) is 5.10. The van der Waals surface area contributed by atoms with E-state index in [0.29, 0.717) is 12.1 Å². The number of likely N-dealkylation sites (N-methyl/N-ethyl adjacent to an activating group) is 1. The van der Waals surface area contributed by atoms with Crippen molar-refractivity contribution in [3.05, 3.63) is 0 Å². The van der Waals surface area contributed by atoms with Crippen LogP contribution in [0.4, 0.5) is 0 Å². The predicted molar refractivity (Wildman–Crippen MR) is 76.9 cm³/mol. The first-order valence-corrected chi connectivity index (χ1v) is 7.58. The molecule has 4 heteroatoms. The molecule has 0 aromatic carbocycles. The minimum absolute atomic E-state index is 0.511. The summed E-state index contributed by atoms with van der Waals surface area (Å²) < 4.78 is 9.26. The Bertz CT molecular complexity index is 168. The Kier molecular flexibility index (Phi) is 7.94. The zero-order chi connectivity index (χ0) is 11.8. The highest BCUT2D eigenvalue weighted by atomic mass is 127. The Morgan fingerprint density at radius 2 is 1.81 bits per heavy atom. The summed E-state index contributed by atoms with van der Waals surface area (Å²) in [7, 11) is 0. The summed E-state index contributed by atoms with van der Waals surface area (Å²) in [5.74, 6) is 0. The van der Waals surface area contributed by atoms with Gasteiger partial charge in [0, 0.05) is 35.5 Å². The highest BCUT2D eigenvalue weighted by Crippen LogP contribution is 2.21. The van der Waals surface area contributed by atoms with Crippen LogP contribution in [0.5, 0.6) is 0 Å². The van der Waals surface area contributed by atoms with Gasteiger partial charge in [0.1, 0.15) is 0 Å². The monoisotopic (exact) mass is 340 g/mol. The van der Waals surface area contributed by atoms with Crippen molar-refractivity contribution in [2.75, 3.05) is 26.2 Å². The Labute approximate surface area is 114 Å². The van der Waals surface area contributed by atoms with Crippen LogP contribution in [0.15, 0.2) is 0 Å². The Morgan fingerprint density at radius 3 is 2.31 bits per heavy atom. The van der Waals surface area contributed by atoms with E-state index in [1.165, 1.54) is 25.7 Å². The Hall–Kier alpha value is 0.610. The molecule has 1 N–H and O–H groups in total. The molecular weight excluding hydrogens is 315 g/mol. The molecule has 1 fully saturated rings. The van der Waals surface area contributed by atoms with Crippen molar-refractivity contribution in [2.24, 2.45) is 0 Å². The smallest absolute Gasteiger partial charge is 0.0597 e. The van der Waals surface area contributed by atoms with Crippen molar-refractivity contribution in [1.29, 1.82) is 0 Å². The van der Waals surface area contributed by atoms with Gasteiger partial charge in [-0.25, -0.2) is 0 Å². The van der Waals surface area contributed by atoms with Crippen molar-refractivity contribution in [2.45, 2.75) is 51.7 Å². The third kappa shape index (κ3) is 5.29. The van der Waals surface area contributed by atoms with Crippen LogP contribution in [0.25, 0.3) is 0 Å². The number of hydrogen-bond donors (Lipinski definition) is 1. The quantitative estimate of drug-likeness (QED) is 0.570. The molecule has 1 rings (SSSR count). The van der Waals surface area contributed by atoms with Gasteiger partial charge in [0.25, 0.3) is 0 Å². The Balaban J connectivity index is 2.06. The van der Waals surface area contributed by atoms with Crippen molar-refractivity contribution in [3.63, 3.8) is 0 Å². The van der Waals surface area contributed by atoms with Crippen LogP contribution in [-0.4, -0.2) is 43.3 Å². The number of nitrogens with zero attached hydrogens (tertiary/aromatic N) is 1. The van der Waals surface area contributed by atoms with Crippen LogP contribution in [0.1, 0.15) is 39.5 Å². The topological polar surface area (TPSA) is 24.5 Å². The lowest BCUT2D eigenvalue weighted by molar-refractivity contribution is 0.0140. The predicted octanol–water partition coefficient (Wildman–Crippen LogP) is 2.60. The van der Waals surface area contributed by atoms with Crippen LogP contribution in [0, 0.1) is 0 Å². The van der Waals surface area contributed by atoms with Gasteiger partial charge in [-0.3, -0.25) is 3.53 Å². The standard InChI is InChI=1S/C12H25IN2O/c1-3-15(4-2)9-10-16-12-7-5-11(14-13)6-8-12/h11-12,14H,3-10H2,1-2H3. The molecule has 0 aromatic heterocycles. The van der Waals surface area contributed by atoms with E-state index in [0.717, 1.165) is 26.2 Å². The van der Waals surface area contributed by atoms with Gasteiger partial charge in [0.05, 0.1) is 12.7 Å². The van der Waals surface area contributed by atoms with E-state index in [-0.39, 0.29) is 0 Å². The summed E-state index contributed by atoms with van der Waals surface area (Å²) in [6.07, 6.45) is 5.48. The third-order valence-corrected chi connectivity index (χ3v) is 4.36. The SMILES string of the molecule is CCN(CC)CCOC1CCC(NI)CC1. The summed E-state index contributed by atoms with van der Waals surface area (Å²) in [5.41, 5.74) is 0. The van der Waals surface area contributed by atoms with Gasteiger partial charge in [-0.2, -0.15) is 0 Å². The van der Waals surface area contributed by atoms with Crippen molar-refractivity contribution < 1.29 is 4.74 Å². The summed E-state index contributed by atoms with van der Waals surface area (Å²) in [6, 6.07) is 0.711. The molecule has 0 aliphatic heterocycles. The van der Waals surface area contributed by atoms with E-state index in [2.05, 4.69) is 45.1 Å². The fourth-order valence-corrected chi connectivity index (χ4v) is 2.85. The van der Waals surface area contributed by atoms with Crippen LogP contribution in [0.3, 0.4) is 0 Å². The lowest BCUT2D eigenvalue weighted by Crippen LogP contribution is -2.33. The van der Waals surface area contributed by atoms with Gasteiger partial charge in [-0.05, 0) is 38.8 Å². The lowest BCUT2D eigenvalue weighted by Gasteiger charge is -2.28. The molecule has 3 nitrogen and oxygen atoms in total. The molecule has 96 valence electrons. The van der Waals surface area contributed by atoms with E-state index in [1.54, 1.807) is 0 Å². The van der Waals surface area contributed by atoms with Crippen LogP contribution < -0.4 is 3.53 Å². The van der Waals surface area contributed by atoms with E-state index in [9.17, 15) is 0 Å². The molecule has 1 aliphatic carbocycles. The molecule has 0 heterocycles. The summed E-state index contributed by atoms with van der Waals surface area (Å²) in [6.45, 7) is 8.66. The van der Waals surface area contributed by atoms with Gasteiger partial charge >= 0.3 is 0 Å². The van der Waals surface area contributed by atoms with Crippen LogP contribution in [0.2, 0.25) is 0 Å². The molecule has 0 bridgehead atoms.